The summed E-state index contributed by atoms with van der Waals surface area (Å²) in [6, 6.07) is 12.1. The number of ether oxygens (including phenoxy) is 1. The monoisotopic (exact) mass is 408 g/mol. The van der Waals surface area contributed by atoms with Crippen molar-refractivity contribution in [3.63, 3.8) is 0 Å². The van der Waals surface area contributed by atoms with Crippen molar-refractivity contribution >= 4 is 28.5 Å². The highest BCUT2D eigenvalue weighted by atomic mass is 32.2. The van der Waals surface area contributed by atoms with Gasteiger partial charge in [-0.05, 0) is 43.2 Å². The van der Waals surface area contributed by atoms with E-state index < -0.39 is 11.7 Å². The van der Waals surface area contributed by atoms with Crippen LogP contribution in [0.25, 0.3) is 0 Å². The third-order valence-corrected chi connectivity index (χ3v) is 5.19. The number of hydrogen-bond acceptors (Lipinski definition) is 4. The number of carbonyl (C=O) groups excluding carboxylic acids is 1. The van der Waals surface area contributed by atoms with E-state index in [0.717, 1.165) is 29.9 Å². The van der Waals surface area contributed by atoms with Gasteiger partial charge < -0.3 is 4.74 Å². The molecule has 0 atom stereocenters. The molecule has 0 radical (unpaired) electrons. The molecule has 1 saturated heterocycles. The lowest BCUT2D eigenvalue weighted by Gasteiger charge is -2.27. The van der Waals surface area contributed by atoms with Crippen LogP contribution >= 0.6 is 11.8 Å². The summed E-state index contributed by atoms with van der Waals surface area (Å²) in [6.45, 7) is 2.19. The van der Waals surface area contributed by atoms with Crippen LogP contribution in [-0.2, 0) is 11.0 Å². The first kappa shape index (κ1) is 20.3. The van der Waals surface area contributed by atoms with Crippen LogP contribution in [0, 0.1) is 6.92 Å². The van der Waals surface area contributed by atoms with Crippen LogP contribution in [0.3, 0.4) is 0 Å². The molecule has 0 unspecified atom stereocenters. The minimum absolute atomic E-state index is 0.160. The normalized spacial score (nSPS) is 16.3. The van der Waals surface area contributed by atoms with Crippen molar-refractivity contribution in [2.45, 2.75) is 19.5 Å². The number of amides is 1. The highest BCUT2D eigenvalue weighted by Crippen LogP contribution is 2.32. The molecule has 0 saturated carbocycles. The Kier molecular flexibility index (Phi) is 6.28. The summed E-state index contributed by atoms with van der Waals surface area (Å²) in [5.74, 6) is 1.10. The van der Waals surface area contributed by atoms with Crippen molar-refractivity contribution in [1.82, 2.24) is 4.90 Å². The zero-order chi connectivity index (χ0) is 20.1. The third-order valence-electron chi connectivity index (χ3n) is 4.13. The molecule has 3 rings (SSSR count). The molecule has 0 aromatic heterocycles. The Balaban J connectivity index is 1.76. The smallest absolute Gasteiger partial charge is 0.416 e. The summed E-state index contributed by atoms with van der Waals surface area (Å²) < 4.78 is 44.3. The Morgan fingerprint density at radius 2 is 2.00 bits per heavy atom. The van der Waals surface area contributed by atoms with Crippen LogP contribution in [0.1, 0.15) is 17.5 Å². The number of aliphatic imine (C=N–C) groups is 1. The second-order valence-corrected chi connectivity index (χ2v) is 7.31. The van der Waals surface area contributed by atoms with Crippen molar-refractivity contribution in [3.8, 4) is 5.75 Å². The molecule has 1 amide bonds. The molecule has 28 heavy (non-hydrogen) atoms. The predicted molar refractivity (Wildman–Crippen MR) is 104 cm³/mol. The van der Waals surface area contributed by atoms with Gasteiger partial charge in [-0.1, -0.05) is 36.0 Å². The molecule has 0 aliphatic carbocycles. The van der Waals surface area contributed by atoms with Crippen molar-refractivity contribution in [2.75, 3.05) is 18.9 Å². The molecule has 2 aromatic carbocycles. The number of thioether (sulfide) groups is 1. The molecule has 1 fully saturated rings. The van der Waals surface area contributed by atoms with Crippen molar-refractivity contribution in [1.29, 1.82) is 0 Å². The molecule has 0 N–H and O–H groups in total. The minimum atomic E-state index is -4.44. The molecular formula is C20H19F3N2O2S. The summed E-state index contributed by atoms with van der Waals surface area (Å²) in [5, 5.41) is 0.393. The lowest BCUT2D eigenvalue weighted by molar-refractivity contribution is -0.137. The van der Waals surface area contributed by atoms with E-state index in [1.54, 1.807) is 6.07 Å². The summed E-state index contributed by atoms with van der Waals surface area (Å²) >= 11 is 1.35. The first-order valence-corrected chi connectivity index (χ1v) is 9.71. The Labute approximate surface area is 165 Å². The number of aryl methyl sites for hydroxylation is 1. The number of benzene rings is 2. The largest absolute Gasteiger partial charge is 0.483 e. The first-order chi connectivity index (χ1) is 13.3. The van der Waals surface area contributed by atoms with Crippen LogP contribution < -0.4 is 4.74 Å². The van der Waals surface area contributed by atoms with Gasteiger partial charge in [-0.2, -0.15) is 13.2 Å². The van der Waals surface area contributed by atoms with Gasteiger partial charge in [-0.3, -0.25) is 9.69 Å². The molecule has 0 bridgehead atoms. The van der Waals surface area contributed by atoms with E-state index in [-0.39, 0.29) is 18.2 Å². The van der Waals surface area contributed by atoms with Crippen LogP contribution in [0.15, 0.2) is 53.5 Å². The van der Waals surface area contributed by atoms with E-state index in [4.69, 9.17) is 4.74 Å². The maximum Gasteiger partial charge on any atom is 0.416 e. The number of rotatable bonds is 4. The molecule has 8 heteroatoms. The number of hydrogen-bond donors (Lipinski definition) is 0. The summed E-state index contributed by atoms with van der Waals surface area (Å²) in [4.78, 5) is 18.4. The third kappa shape index (κ3) is 5.07. The molecule has 0 spiro atoms. The Morgan fingerprint density at radius 1 is 1.21 bits per heavy atom. The molecule has 1 heterocycles. The van der Waals surface area contributed by atoms with E-state index in [2.05, 4.69) is 4.99 Å². The van der Waals surface area contributed by atoms with Crippen molar-refractivity contribution in [3.05, 3.63) is 59.7 Å². The number of carbonyl (C=O) groups is 1. The van der Waals surface area contributed by atoms with E-state index in [0.29, 0.717) is 17.5 Å². The second kappa shape index (κ2) is 8.68. The zero-order valence-electron chi connectivity index (χ0n) is 15.2. The standard InChI is InChI=1S/C20H19F3N2O2S/c1-14-6-2-3-9-17(14)27-13-18(26)25-10-5-11-28-19(25)24-16-8-4-7-15(12-16)20(21,22)23/h2-4,6-9,12H,5,10-11,13H2,1H3. The molecular weight excluding hydrogens is 389 g/mol. The molecule has 148 valence electrons. The number of alkyl halides is 3. The number of amidine groups is 1. The topological polar surface area (TPSA) is 41.9 Å². The molecule has 2 aromatic rings. The van der Waals surface area contributed by atoms with E-state index in [1.165, 1.54) is 28.8 Å². The van der Waals surface area contributed by atoms with Gasteiger partial charge in [0.15, 0.2) is 11.8 Å². The van der Waals surface area contributed by atoms with Crippen molar-refractivity contribution in [2.24, 2.45) is 4.99 Å². The SMILES string of the molecule is Cc1ccccc1OCC(=O)N1CCCSC1=Nc1cccc(C(F)(F)F)c1. The summed E-state index contributed by atoms with van der Waals surface area (Å²) in [7, 11) is 0. The summed E-state index contributed by atoms with van der Waals surface area (Å²) in [5.41, 5.74) is 0.314. The number of para-hydroxylation sites is 1. The van der Waals surface area contributed by atoms with E-state index in [9.17, 15) is 18.0 Å². The van der Waals surface area contributed by atoms with Crippen LogP contribution in [-0.4, -0.2) is 34.9 Å². The highest BCUT2D eigenvalue weighted by molar-refractivity contribution is 8.13. The fraction of sp³-hybridized carbons (Fsp3) is 0.300. The summed E-state index contributed by atoms with van der Waals surface area (Å²) in [6.07, 6.45) is -3.66. The second-order valence-electron chi connectivity index (χ2n) is 6.24. The fourth-order valence-electron chi connectivity index (χ4n) is 2.68. The van der Waals surface area contributed by atoms with Crippen molar-refractivity contribution < 1.29 is 22.7 Å². The van der Waals surface area contributed by atoms with Crippen LogP contribution in [0.5, 0.6) is 5.75 Å². The number of halogens is 3. The highest BCUT2D eigenvalue weighted by Gasteiger charge is 2.30. The first-order valence-electron chi connectivity index (χ1n) is 8.72. The Morgan fingerprint density at radius 3 is 2.75 bits per heavy atom. The average molecular weight is 408 g/mol. The maximum atomic E-state index is 12.9. The minimum Gasteiger partial charge on any atom is -0.483 e. The lowest BCUT2D eigenvalue weighted by atomic mass is 10.2. The van der Waals surface area contributed by atoms with E-state index >= 15 is 0 Å². The zero-order valence-corrected chi connectivity index (χ0v) is 16.0. The van der Waals surface area contributed by atoms with Gasteiger partial charge in [-0.15, -0.1) is 0 Å². The molecule has 1 aliphatic rings. The van der Waals surface area contributed by atoms with Gasteiger partial charge in [0, 0.05) is 12.3 Å². The Bertz CT molecular complexity index is 884. The van der Waals surface area contributed by atoms with E-state index in [1.807, 2.05) is 25.1 Å². The van der Waals surface area contributed by atoms with Crippen LogP contribution in [0.2, 0.25) is 0 Å². The Hall–Kier alpha value is -2.48. The quantitative estimate of drug-likeness (QED) is 0.711. The van der Waals surface area contributed by atoms with Gasteiger partial charge in [0.05, 0.1) is 11.3 Å². The molecule has 1 aliphatic heterocycles. The molecule has 4 nitrogen and oxygen atoms in total. The van der Waals surface area contributed by atoms with Gasteiger partial charge in [0.1, 0.15) is 5.75 Å². The number of nitrogens with zero attached hydrogens (tertiary/aromatic N) is 2. The lowest BCUT2D eigenvalue weighted by Crippen LogP contribution is -2.41. The van der Waals surface area contributed by atoms with Gasteiger partial charge in [0.2, 0.25) is 0 Å². The maximum absolute atomic E-state index is 12.9. The van der Waals surface area contributed by atoms with Crippen LogP contribution in [0.4, 0.5) is 18.9 Å². The fourth-order valence-corrected chi connectivity index (χ4v) is 3.66. The van der Waals surface area contributed by atoms with Gasteiger partial charge in [0.25, 0.3) is 5.91 Å². The van der Waals surface area contributed by atoms with Gasteiger partial charge >= 0.3 is 6.18 Å². The predicted octanol–water partition coefficient (Wildman–Crippen LogP) is 5.05. The average Bonchev–Trinajstić information content (AvgIpc) is 2.67. The van der Waals surface area contributed by atoms with Gasteiger partial charge in [-0.25, -0.2) is 4.99 Å².